The van der Waals surface area contributed by atoms with E-state index in [-0.39, 0.29) is 10.1 Å². The van der Waals surface area contributed by atoms with Crippen LogP contribution in [0.25, 0.3) is 0 Å². The third kappa shape index (κ3) is 5.31. The van der Waals surface area contributed by atoms with Crippen molar-refractivity contribution in [2.45, 2.75) is 83.9 Å². The smallest absolute Gasteiger partial charge is 0.250 e. The van der Waals surface area contributed by atoms with Gasteiger partial charge in [0.1, 0.15) is 0 Å². The zero-order valence-corrected chi connectivity index (χ0v) is 21.5. The monoisotopic (exact) mass is 422 g/mol. The molecule has 0 aliphatic rings. The number of nitriles is 1. The van der Waals surface area contributed by atoms with Crippen LogP contribution >= 0.6 is 0 Å². The fourth-order valence-electron chi connectivity index (χ4n) is 2.11. The van der Waals surface area contributed by atoms with E-state index in [9.17, 15) is 5.26 Å². The molecule has 0 saturated carbocycles. The Morgan fingerprint density at radius 2 is 1.46 bits per heavy atom. The summed E-state index contributed by atoms with van der Waals surface area (Å²) in [5.74, 6) is 1.10. The summed E-state index contributed by atoms with van der Waals surface area (Å²) in [4.78, 5) is 0. The van der Waals surface area contributed by atoms with Crippen molar-refractivity contribution >= 4 is 22.3 Å². The SMILES string of the molecule is COc1cc(C(C#N)O[Si](C)(C)C(C)(C)C)cc(N)c1O[Si](C)(C)C(C)(C)C. The van der Waals surface area contributed by atoms with Crippen molar-refractivity contribution in [3.05, 3.63) is 17.7 Å². The summed E-state index contributed by atoms with van der Waals surface area (Å²) in [6, 6.07) is 5.89. The van der Waals surface area contributed by atoms with Gasteiger partial charge in [-0.05, 0) is 54.0 Å². The number of anilines is 1. The summed E-state index contributed by atoms with van der Waals surface area (Å²) in [6.45, 7) is 21.6. The van der Waals surface area contributed by atoms with Gasteiger partial charge in [0.15, 0.2) is 25.9 Å². The van der Waals surface area contributed by atoms with Gasteiger partial charge in [-0.25, -0.2) is 0 Å². The normalized spacial score (nSPS) is 14.4. The summed E-state index contributed by atoms with van der Waals surface area (Å²) >= 11 is 0. The Hall–Kier alpha value is -1.50. The van der Waals surface area contributed by atoms with Gasteiger partial charge in [0.25, 0.3) is 8.32 Å². The summed E-state index contributed by atoms with van der Waals surface area (Å²) in [5, 5.41) is 9.80. The molecule has 7 heteroatoms. The minimum Gasteiger partial charge on any atom is -0.540 e. The Morgan fingerprint density at radius 3 is 1.86 bits per heavy atom. The number of methoxy groups -OCH3 is 1. The van der Waals surface area contributed by atoms with Gasteiger partial charge in [-0.1, -0.05) is 41.5 Å². The van der Waals surface area contributed by atoms with E-state index in [1.165, 1.54) is 0 Å². The van der Waals surface area contributed by atoms with Crippen molar-refractivity contribution in [3.63, 3.8) is 0 Å². The third-order valence-corrected chi connectivity index (χ3v) is 14.9. The number of hydrogen-bond donors (Lipinski definition) is 1. The molecule has 0 bridgehead atoms. The second-order valence-corrected chi connectivity index (χ2v) is 19.9. The lowest BCUT2D eigenvalue weighted by Crippen LogP contribution is -2.44. The molecule has 0 fully saturated rings. The van der Waals surface area contributed by atoms with E-state index in [0.29, 0.717) is 22.7 Å². The van der Waals surface area contributed by atoms with E-state index < -0.39 is 22.7 Å². The van der Waals surface area contributed by atoms with Crippen LogP contribution in [0.3, 0.4) is 0 Å². The highest BCUT2D eigenvalue weighted by Crippen LogP contribution is 2.45. The molecule has 1 aromatic rings. The summed E-state index contributed by atoms with van der Waals surface area (Å²) < 4.78 is 18.3. The third-order valence-electron chi connectivity index (χ3n) is 6.13. The van der Waals surface area contributed by atoms with Crippen LogP contribution in [0.1, 0.15) is 53.2 Å². The second kappa shape index (κ2) is 8.09. The van der Waals surface area contributed by atoms with Crippen LogP contribution in [0, 0.1) is 11.3 Å². The van der Waals surface area contributed by atoms with Gasteiger partial charge in [-0.2, -0.15) is 5.26 Å². The molecule has 0 radical (unpaired) electrons. The van der Waals surface area contributed by atoms with E-state index in [4.69, 9.17) is 19.3 Å². The first-order valence-electron chi connectivity index (χ1n) is 9.70. The number of rotatable bonds is 6. The quantitative estimate of drug-likeness (QED) is 0.433. The molecular weight excluding hydrogens is 384 g/mol. The molecule has 0 aromatic heterocycles. The Labute approximate surface area is 173 Å². The summed E-state index contributed by atoms with van der Waals surface area (Å²) in [6.07, 6.45) is -0.695. The molecule has 0 heterocycles. The van der Waals surface area contributed by atoms with Crippen LogP contribution in [-0.4, -0.2) is 23.7 Å². The second-order valence-electron chi connectivity index (χ2n) is 10.4. The molecule has 1 unspecified atom stereocenters. The lowest BCUT2D eigenvalue weighted by Gasteiger charge is -2.38. The van der Waals surface area contributed by atoms with Gasteiger partial charge < -0.3 is 19.3 Å². The molecule has 0 aliphatic heterocycles. The molecule has 2 N–H and O–H groups in total. The number of ether oxygens (including phenoxy) is 1. The van der Waals surface area contributed by atoms with Crippen LogP contribution < -0.4 is 14.9 Å². The van der Waals surface area contributed by atoms with Crippen LogP contribution in [-0.2, 0) is 4.43 Å². The van der Waals surface area contributed by atoms with E-state index >= 15 is 0 Å². The Kier molecular flexibility index (Phi) is 7.09. The number of nitrogens with two attached hydrogens (primary N) is 1. The van der Waals surface area contributed by atoms with Crippen molar-refractivity contribution < 1.29 is 13.6 Å². The zero-order valence-electron chi connectivity index (χ0n) is 19.5. The maximum absolute atomic E-state index is 9.77. The highest BCUT2D eigenvalue weighted by Gasteiger charge is 2.41. The molecule has 28 heavy (non-hydrogen) atoms. The molecular formula is C21H38N2O3Si2. The fourth-order valence-corrected chi connectivity index (χ4v) is 4.27. The van der Waals surface area contributed by atoms with Gasteiger partial charge in [-0.3, -0.25) is 0 Å². The van der Waals surface area contributed by atoms with E-state index in [1.54, 1.807) is 13.2 Å². The standard InChI is InChI=1S/C21H38N2O3Si2/c1-20(2,3)27(8,9)25-18(14-22)15-12-16(23)19(17(13-15)24-7)26-28(10,11)21(4,5)6/h12-13,18H,23H2,1-11H3. The predicted molar refractivity (Wildman–Crippen MR) is 122 cm³/mol. The molecule has 0 amide bonds. The van der Waals surface area contributed by atoms with Crippen LogP contribution in [0.5, 0.6) is 11.5 Å². The number of nitrogens with zero attached hydrogens (tertiary/aromatic N) is 1. The van der Waals surface area contributed by atoms with Crippen molar-refractivity contribution in [1.82, 2.24) is 0 Å². The van der Waals surface area contributed by atoms with Crippen molar-refractivity contribution in [2.24, 2.45) is 0 Å². The maximum atomic E-state index is 9.77. The molecule has 5 nitrogen and oxygen atoms in total. The Morgan fingerprint density at radius 1 is 0.964 bits per heavy atom. The van der Waals surface area contributed by atoms with E-state index in [1.807, 2.05) is 6.07 Å². The molecule has 158 valence electrons. The molecule has 1 rings (SSSR count). The maximum Gasteiger partial charge on any atom is 0.250 e. The predicted octanol–water partition coefficient (Wildman–Crippen LogP) is 6.25. The minimum atomic E-state index is -2.12. The lowest BCUT2D eigenvalue weighted by atomic mass is 10.1. The first-order chi connectivity index (χ1) is 12.5. The Bertz CT molecular complexity index is 742. The van der Waals surface area contributed by atoms with Gasteiger partial charge in [0.2, 0.25) is 0 Å². The van der Waals surface area contributed by atoms with Crippen LogP contribution in [0.2, 0.25) is 36.3 Å². The van der Waals surface area contributed by atoms with Crippen molar-refractivity contribution in [1.29, 1.82) is 5.26 Å². The Balaban J connectivity index is 3.35. The molecule has 1 atom stereocenters. The number of benzene rings is 1. The molecule has 0 spiro atoms. The van der Waals surface area contributed by atoms with Crippen molar-refractivity contribution in [3.8, 4) is 17.6 Å². The van der Waals surface area contributed by atoms with Gasteiger partial charge in [0, 0.05) is 0 Å². The fraction of sp³-hybridized carbons (Fsp3) is 0.667. The van der Waals surface area contributed by atoms with Gasteiger partial charge in [-0.15, -0.1) is 0 Å². The minimum absolute atomic E-state index is 0.00309. The van der Waals surface area contributed by atoms with Crippen LogP contribution in [0.4, 0.5) is 5.69 Å². The lowest BCUT2D eigenvalue weighted by molar-refractivity contribution is 0.235. The first-order valence-corrected chi connectivity index (χ1v) is 15.5. The highest BCUT2D eigenvalue weighted by molar-refractivity contribution is 6.75. The number of hydrogen-bond acceptors (Lipinski definition) is 5. The average Bonchev–Trinajstić information content (AvgIpc) is 2.52. The summed E-state index contributed by atoms with van der Waals surface area (Å²) in [7, 11) is -2.62. The zero-order chi connectivity index (χ0) is 22.1. The highest BCUT2D eigenvalue weighted by atomic mass is 28.4. The van der Waals surface area contributed by atoms with E-state index in [2.05, 4.69) is 73.8 Å². The number of nitrogen functional groups attached to an aromatic ring is 1. The molecule has 0 aliphatic carbocycles. The van der Waals surface area contributed by atoms with Gasteiger partial charge >= 0.3 is 0 Å². The molecule has 0 saturated heterocycles. The molecule has 1 aromatic carbocycles. The first kappa shape index (κ1) is 24.5. The van der Waals surface area contributed by atoms with Crippen LogP contribution in [0.15, 0.2) is 12.1 Å². The summed E-state index contributed by atoms with van der Waals surface area (Å²) in [5.41, 5.74) is 7.52. The average molecular weight is 423 g/mol. The van der Waals surface area contributed by atoms with Crippen molar-refractivity contribution in [2.75, 3.05) is 12.8 Å². The van der Waals surface area contributed by atoms with E-state index in [0.717, 1.165) is 0 Å². The van der Waals surface area contributed by atoms with Gasteiger partial charge in [0.05, 0.1) is 18.9 Å². The topological polar surface area (TPSA) is 77.5 Å². The largest absolute Gasteiger partial charge is 0.540 e.